The van der Waals surface area contributed by atoms with Gasteiger partial charge in [0.2, 0.25) is 5.43 Å². The summed E-state index contributed by atoms with van der Waals surface area (Å²) >= 11 is 0. The summed E-state index contributed by atoms with van der Waals surface area (Å²) in [5, 5.41) is 3.08. The van der Waals surface area contributed by atoms with Crippen LogP contribution in [0.5, 0.6) is 0 Å². The third-order valence-electron chi connectivity index (χ3n) is 3.79. The molecule has 3 rings (SSSR count). The van der Waals surface area contributed by atoms with Crippen molar-refractivity contribution in [2.75, 3.05) is 5.32 Å². The third kappa shape index (κ3) is 2.73. The van der Waals surface area contributed by atoms with E-state index in [0.717, 1.165) is 11.1 Å². The van der Waals surface area contributed by atoms with Crippen molar-refractivity contribution in [1.29, 1.82) is 0 Å². The standard InChI is InChI=1S/C18H15FN2O2/c1-11-7-8-12(19)9-15(11)20-18(23)14-10-21(2)16-6-4-3-5-13(16)17(14)22/h3-10H,1-2H3,(H,20,23). The van der Waals surface area contributed by atoms with E-state index in [-0.39, 0.29) is 11.0 Å². The average molecular weight is 310 g/mol. The molecule has 0 radical (unpaired) electrons. The fourth-order valence-corrected chi connectivity index (χ4v) is 2.52. The molecule has 0 aliphatic heterocycles. The minimum absolute atomic E-state index is 0.0230. The Morgan fingerprint density at radius 1 is 1.17 bits per heavy atom. The van der Waals surface area contributed by atoms with Crippen LogP contribution in [-0.2, 0) is 7.05 Å². The van der Waals surface area contributed by atoms with Gasteiger partial charge in [-0.1, -0.05) is 18.2 Å². The normalized spacial score (nSPS) is 10.7. The molecular formula is C18H15FN2O2. The number of nitrogens with zero attached hydrogens (tertiary/aromatic N) is 1. The van der Waals surface area contributed by atoms with Gasteiger partial charge in [0.15, 0.2) is 0 Å². The van der Waals surface area contributed by atoms with Gasteiger partial charge in [0.25, 0.3) is 5.91 Å². The van der Waals surface area contributed by atoms with E-state index in [4.69, 9.17) is 0 Å². The molecule has 0 saturated carbocycles. The number of pyridine rings is 1. The average Bonchev–Trinajstić information content (AvgIpc) is 2.54. The lowest BCUT2D eigenvalue weighted by atomic mass is 10.1. The molecular weight excluding hydrogens is 295 g/mol. The zero-order valence-corrected chi connectivity index (χ0v) is 12.8. The summed E-state index contributed by atoms with van der Waals surface area (Å²) in [6.45, 7) is 1.76. The fourth-order valence-electron chi connectivity index (χ4n) is 2.52. The lowest BCUT2D eigenvalue weighted by Gasteiger charge is -2.11. The predicted molar refractivity (Wildman–Crippen MR) is 88.3 cm³/mol. The number of fused-ring (bicyclic) bond motifs is 1. The fraction of sp³-hybridized carbons (Fsp3) is 0.111. The summed E-state index contributed by atoms with van der Waals surface area (Å²) in [5.41, 5.74) is 1.50. The van der Waals surface area contributed by atoms with E-state index in [0.29, 0.717) is 11.1 Å². The Morgan fingerprint density at radius 3 is 2.70 bits per heavy atom. The van der Waals surface area contributed by atoms with Crippen molar-refractivity contribution >= 4 is 22.5 Å². The summed E-state index contributed by atoms with van der Waals surface area (Å²) in [4.78, 5) is 25.0. The first-order valence-electron chi connectivity index (χ1n) is 7.13. The summed E-state index contributed by atoms with van der Waals surface area (Å²) in [6.07, 6.45) is 1.49. The Balaban J connectivity index is 2.06. The van der Waals surface area contributed by atoms with Crippen molar-refractivity contribution in [2.24, 2.45) is 7.05 Å². The Hall–Kier alpha value is -2.95. The Morgan fingerprint density at radius 2 is 1.91 bits per heavy atom. The highest BCUT2D eigenvalue weighted by atomic mass is 19.1. The molecule has 116 valence electrons. The second-order valence-electron chi connectivity index (χ2n) is 5.41. The van der Waals surface area contributed by atoms with E-state index >= 15 is 0 Å². The monoisotopic (exact) mass is 310 g/mol. The number of nitrogens with one attached hydrogen (secondary N) is 1. The molecule has 1 heterocycles. The molecule has 0 spiro atoms. The van der Waals surface area contributed by atoms with Gasteiger partial charge in [-0.3, -0.25) is 9.59 Å². The van der Waals surface area contributed by atoms with Crippen molar-refractivity contribution in [3.05, 3.63) is 75.8 Å². The second-order valence-corrected chi connectivity index (χ2v) is 5.41. The molecule has 5 heteroatoms. The van der Waals surface area contributed by atoms with Crippen LogP contribution in [0.1, 0.15) is 15.9 Å². The quantitative estimate of drug-likeness (QED) is 0.790. The number of carbonyl (C=O) groups excluding carboxylic acids is 1. The number of hydrogen-bond donors (Lipinski definition) is 1. The molecule has 4 nitrogen and oxygen atoms in total. The summed E-state index contributed by atoms with van der Waals surface area (Å²) in [5.74, 6) is -0.998. The number of rotatable bonds is 2. The van der Waals surface area contributed by atoms with Crippen LogP contribution in [-0.4, -0.2) is 10.5 Å². The largest absolute Gasteiger partial charge is 0.350 e. The van der Waals surface area contributed by atoms with E-state index in [9.17, 15) is 14.0 Å². The molecule has 0 bridgehead atoms. The zero-order valence-electron chi connectivity index (χ0n) is 12.8. The van der Waals surface area contributed by atoms with Crippen molar-refractivity contribution in [1.82, 2.24) is 4.57 Å². The van der Waals surface area contributed by atoms with Crippen molar-refractivity contribution in [3.63, 3.8) is 0 Å². The molecule has 0 aliphatic carbocycles. The van der Waals surface area contributed by atoms with E-state index in [1.54, 1.807) is 36.7 Å². The van der Waals surface area contributed by atoms with Gasteiger partial charge < -0.3 is 9.88 Å². The number of halogens is 1. The first-order valence-corrected chi connectivity index (χ1v) is 7.13. The van der Waals surface area contributed by atoms with E-state index < -0.39 is 11.7 Å². The smallest absolute Gasteiger partial charge is 0.261 e. The van der Waals surface area contributed by atoms with Gasteiger partial charge in [0, 0.05) is 24.3 Å². The maximum atomic E-state index is 13.3. The van der Waals surface area contributed by atoms with Crippen LogP contribution in [0.3, 0.4) is 0 Å². The highest BCUT2D eigenvalue weighted by Gasteiger charge is 2.15. The lowest BCUT2D eigenvalue weighted by Crippen LogP contribution is -2.23. The number of hydrogen-bond acceptors (Lipinski definition) is 2. The minimum Gasteiger partial charge on any atom is -0.350 e. The Bertz CT molecular complexity index is 976. The van der Waals surface area contributed by atoms with Crippen LogP contribution in [0.4, 0.5) is 10.1 Å². The molecule has 23 heavy (non-hydrogen) atoms. The highest BCUT2D eigenvalue weighted by Crippen LogP contribution is 2.17. The number of anilines is 1. The van der Waals surface area contributed by atoms with Crippen LogP contribution < -0.4 is 10.7 Å². The number of aromatic nitrogens is 1. The van der Waals surface area contributed by atoms with Gasteiger partial charge >= 0.3 is 0 Å². The van der Waals surface area contributed by atoms with Crippen LogP contribution in [0.15, 0.2) is 53.5 Å². The number of benzene rings is 2. The molecule has 1 amide bonds. The van der Waals surface area contributed by atoms with E-state index in [1.165, 1.54) is 18.3 Å². The van der Waals surface area contributed by atoms with Gasteiger partial charge in [-0.2, -0.15) is 0 Å². The highest BCUT2D eigenvalue weighted by molar-refractivity contribution is 6.06. The van der Waals surface area contributed by atoms with Crippen LogP contribution in [0.25, 0.3) is 10.9 Å². The molecule has 2 aromatic carbocycles. The van der Waals surface area contributed by atoms with Crippen LogP contribution >= 0.6 is 0 Å². The maximum Gasteiger partial charge on any atom is 0.261 e. The predicted octanol–water partition coefficient (Wildman–Crippen LogP) is 3.24. The topological polar surface area (TPSA) is 51.1 Å². The van der Waals surface area contributed by atoms with Crippen LogP contribution in [0, 0.1) is 12.7 Å². The van der Waals surface area contributed by atoms with Crippen LogP contribution in [0.2, 0.25) is 0 Å². The molecule has 0 fully saturated rings. The Kier molecular flexibility index (Phi) is 3.70. The van der Waals surface area contributed by atoms with Crippen molar-refractivity contribution < 1.29 is 9.18 Å². The van der Waals surface area contributed by atoms with E-state index in [1.807, 2.05) is 12.1 Å². The summed E-state index contributed by atoms with van der Waals surface area (Å²) in [7, 11) is 1.77. The minimum atomic E-state index is -0.551. The van der Waals surface area contributed by atoms with Crippen molar-refractivity contribution in [2.45, 2.75) is 6.92 Å². The number of para-hydroxylation sites is 1. The van der Waals surface area contributed by atoms with Gasteiger partial charge in [-0.05, 0) is 36.8 Å². The molecule has 0 atom stereocenters. The van der Waals surface area contributed by atoms with Gasteiger partial charge in [-0.25, -0.2) is 4.39 Å². The van der Waals surface area contributed by atoms with Gasteiger partial charge in [0.1, 0.15) is 11.4 Å². The molecule has 1 N–H and O–H groups in total. The first-order chi connectivity index (χ1) is 11.0. The summed E-state index contributed by atoms with van der Waals surface area (Å²) < 4.78 is 15.1. The second kappa shape index (κ2) is 5.68. The molecule has 3 aromatic rings. The molecule has 0 aliphatic rings. The molecule has 1 aromatic heterocycles. The lowest BCUT2D eigenvalue weighted by molar-refractivity contribution is 0.102. The number of amides is 1. The zero-order chi connectivity index (χ0) is 16.6. The Labute approximate surface area is 132 Å². The van der Waals surface area contributed by atoms with E-state index in [2.05, 4.69) is 5.32 Å². The summed E-state index contributed by atoms with van der Waals surface area (Å²) in [6, 6.07) is 11.2. The van der Waals surface area contributed by atoms with Gasteiger partial charge in [0.05, 0.1) is 5.52 Å². The number of aryl methyl sites for hydroxylation is 2. The third-order valence-corrected chi connectivity index (χ3v) is 3.79. The van der Waals surface area contributed by atoms with Gasteiger partial charge in [-0.15, -0.1) is 0 Å². The SMILES string of the molecule is Cc1ccc(F)cc1NC(=O)c1cn(C)c2ccccc2c1=O. The van der Waals surface area contributed by atoms with Crippen molar-refractivity contribution in [3.8, 4) is 0 Å². The molecule has 0 unspecified atom stereocenters. The maximum absolute atomic E-state index is 13.3. The first kappa shape index (κ1) is 15.0. The number of carbonyl (C=O) groups is 1. The molecule has 0 saturated heterocycles.